The van der Waals surface area contributed by atoms with Gasteiger partial charge in [0.25, 0.3) is 11.8 Å². The largest absolute Gasteiger partial charge is 0.573 e. The lowest BCUT2D eigenvalue weighted by atomic mass is 10.1. The molecule has 0 N–H and O–H groups in total. The van der Waals surface area contributed by atoms with Gasteiger partial charge < -0.3 is 9.47 Å². The number of halogens is 3. The average Bonchev–Trinajstić information content (AvgIpc) is 2.86. The maximum absolute atomic E-state index is 12.2. The van der Waals surface area contributed by atoms with Crippen LogP contribution in [0.4, 0.5) is 13.2 Å². The van der Waals surface area contributed by atoms with Crippen LogP contribution in [0.5, 0.6) is 5.75 Å². The van der Waals surface area contributed by atoms with E-state index in [9.17, 15) is 27.6 Å². The van der Waals surface area contributed by atoms with Crippen LogP contribution in [0.15, 0.2) is 48.5 Å². The van der Waals surface area contributed by atoms with Gasteiger partial charge in [0.2, 0.25) is 0 Å². The second-order valence-corrected chi connectivity index (χ2v) is 5.52. The molecule has 27 heavy (non-hydrogen) atoms. The molecule has 3 rings (SSSR count). The van der Waals surface area contributed by atoms with E-state index in [4.69, 9.17) is 4.74 Å². The molecule has 1 aliphatic rings. The fraction of sp³-hybridized carbons (Fsp3) is 0.167. The average molecular weight is 379 g/mol. The highest BCUT2D eigenvalue weighted by atomic mass is 19.4. The maximum atomic E-state index is 12.2. The summed E-state index contributed by atoms with van der Waals surface area (Å²) < 4.78 is 45.0. The Morgan fingerprint density at radius 2 is 1.48 bits per heavy atom. The van der Waals surface area contributed by atoms with Crippen molar-refractivity contribution in [2.45, 2.75) is 6.36 Å². The third kappa shape index (κ3) is 4.08. The van der Waals surface area contributed by atoms with Crippen molar-refractivity contribution < 1.29 is 37.0 Å². The topological polar surface area (TPSA) is 72.9 Å². The van der Waals surface area contributed by atoms with Crippen molar-refractivity contribution in [2.24, 2.45) is 0 Å². The van der Waals surface area contributed by atoms with Crippen LogP contribution in [0.3, 0.4) is 0 Å². The highest BCUT2D eigenvalue weighted by Crippen LogP contribution is 2.23. The minimum absolute atomic E-state index is 0.00638. The zero-order chi connectivity index (χ0) is 19.6. The SMILES string of the molecule is O=C(OCCN1C(=O)c2ccccc2C1=O)c1ccc(OC(F)(F)F)cc1. The summed E-state index contributed by atoms with van der Waals surface area (Å²) in [6.45, 7) is -0.377. The first-order chi connectivity index (χ1) is 12.8. The molecular weight excluding hydrogens is 367 g/mol. The van der Waals surface area contributed by atoms with E-state index in [1.165, 1.54) is 12.1 Å². The molecule has 0 atom stereocenters. The van der Waals surface area contributed by atoms with E-state index in [0.717, 1.165) is 29.2 Å². The van der Waals surface area contributed by atoms with Crippen molar-refractivity contribution in [3.8, 4) is 5.75 Å². The Morgan fingerprint density at radius 1 is 0.926 bits per heavy atom. The Bertz CT molecular complexity index is 858. The van der Waals surface area contributed by atoms with Gasteiger partial charge in [-0.1, -0.05) is 12.1 Å². The van der Waals surface area contributed by atoms with Crippen LogP contribution >= 0.6 is 0 Å². The molecule has 2 aromatic carbocycles. The summed E-state index contributed by atoms with van der Waals surface area (Å²) in [6.07, 6.45) is -4.82. The lowest BCUT2D eigenvalue weighted by Gasteiger charge is -2.14. The highest BCUT2D eigenvalue weighted by Gasteiger charge is 2.35. The number of benzene rings is 2. The number of carbonyl (C=O) groups is 3. The predicted molar refractivity (Wildman–Crippen MR) is 85.2 cm³/mol. The number of fused-ring (bicyclic) bond motifs is 1. The summed E-state index contributed by atoms with van der Waals surface area (Å²) in [5, 5.41) is 0. The van der Waals surface area contributed by atoms with E-state index in [1.54, 1.807) is 12.1 Å². The smallest absolute Gasteiger partial charge is 0.460 e. The second kappa shape index (κ2) is 7.10. The molecular formula is C18H12F3NO5. The van der Waals surface area contributed by atoms with Crippen LogP contribution in [-0.2, 0) is 4.74 Å². The number of carbonyl (C=O) groups excluding carboxylic acids is 3. The van der Waals surface area contributed by atoms with E-state index < -0.39 is 29.9 Å². The molecule has 1 heterocycles. The number of hydrogen-bond donors (Lipinski definition) is 0. The van der Waals surface area contributed by atoms with Gasteiger partial charge >= 0.3 is 12.3 Å². The fourth-order valence-electron chi connectivity index (χ4n) is 2.55. The molecule has 140 valence electrons. The van der Waals surface area contributed by atoms with E-state index in [-0.39, 0.29) is 29.8 Å². The zero-order valence-corrected chi connectivity index (χ0v) is 13.7. The lowest BCUT2D eigenvalue weighted by molar-refractivity contribution is -0.274. The summed E-state index contributed by atoms with van der Waals surface area (Å²) in [4.78, 5) is 37.2. The molecule has 9 heteroatoms. The number of rotatable bonds is 5. The molecule has 0 unspecified atom stereocenters. The van der Waals surface area contributed by atoms with Gasteiger partial charge in [-0.3, -0.25) is 14.5 Å². The molecule has 1 aliphatic heterocycles. The van der Waals surface area contributed by atoms with Gasteiger partial charge in [-0.2, -0.15) is 0 Å². The van der Waals surface area contributed by atoms with Crippen molar-refractivity contribution >= 4 is 17.8 Å². The molecule has 0 saturated carbocycles. The number of ether oxygens (including phenoxy) is 2. The van der Waals surface area contributed by atoms with Gasteiger partial charge in [-0.15, -0.1) is 13.2 Å². The molecule has 2 aromatic rings. The van der Waals surface area contributed by atoms with Crippen molar-refractivity contribution in [3.05, 3.63) is 65.2 Å². The van der Waals surface area contributed by atoms with Gasteiger partial charge in [-0.05, 0) is 36.4 Å². The third-order valence-corrected chi connectivity index (χ3v) is 3.75. The summed E-state index contributed by atoms with van der Waals surface area (Å²) >= 11 is 0. The molecule has 0 bridgehead atoms. The second-order valence-electron chi connectivity index (χ2n) is 5.52. The van der Waals surface area contributed by atoms with E-state index in [0.29, 0.717) is 0 Å². The fourth-order valence-corrected chi connectivity index (χ4v) is 2.55. The van der Waals surface area contributed by atoms with Crippen molar-refractivity contribution in [1.29, 1.82) is 0 Å². The molecule has 0 saturated heterocycles. The minimum Gasteiger partial charge on any atom is -0.460 e. The Hall–Kier alpha value is -3.36. The lowest BCUT2D eigenvalue weighted by Crippen LogP contribution is -2.33. The molecule has 0 spiro atoms. The first-order valence-corrected chi connectivity index (χ1v) is 7.74. The molecule has 0 aliphatic carbocycles. The van der Waals surface area contributed by atoms with Gasteiger partial charge in [-0.25, -0.2) is 4.79 Å². The summed E-state index contributed by atoms with van der Waals surface area (Å²) in [5.74, 6) is -2.21. The van der Waals surface area contributed by atoms with Gasteiger partial charge in [0.1, 0.15) is 12.4 Å². The Kier molecular flexibility index (Phi) is 4.85. The van der Waals surface area contributed by atoms with E-state index in [1.807, 2.05) is 0 Å². The van der Waals surface area contributed by atoms with Gasteiger partial charge in [0, 0.05) is 0 Å². The van der Waals surface area contributed by atoms with Crippen LogP contribution < -0.4 is 4.74 Å². The summed E-state index contributed by atoms with van der Waals surface area (Å²) in [7, 11) is 0. The van der Waals surface area contributed by atoms with Crippen LogP contribution in [-0.4, -0.2) is 42.2 Å². The number of hydrogen-bond acceptors (Lipinski definition) is 5. The standard InChI is InChI=1S/C18H12F3NO5/c19-18(20,21)27-12-7-5-11(6-8-12)17(25)26-10-9-22-15(23)13-3-1-2-4-14(13)16(22)24/h1-8H,9-10H2. The number of amides is 2. The number of esters is 1. The van der Waals surface area contributed by atoms with Crippen molar-refractivity contribution in [2.75, 3.05) is 13.2 Å². The van der Waals surface area contributed by atoms with Crippen LogP contribution in [0, 0.1) is 0 Å². The quantitative estimate of drug-likeness (QED) is 0.590. The van der Waals surface area contributed by atoms with Crippen molar-refractivity contribution in [1.82, 2.24) is 4.90 Å². The van der Waals surface area contributed by atoms with E-state index >= 15 is 0 Å². The molecule has 0 radical (unpaired) electrons. The Balaban J connectivity index is 1.55. The summed E-state index contributed by atoms with van der Waals surface area (Å²) in [6, 6.07) is 10.5. The van der Waals surface area contributed by atoms with Crippen LogP contribution in [0.2, 0.25) is 0 Å². The number of imide groups is 1. The first-order valence-electron chi connectivity index (χ1n) is 7.74. The monoisotopic (exact) mass is 379 g/mol. The van der Waals surface area contributed by atoms with Crippen LogP contribution in [0.1, 0.15) is 31.1 Å². The Labute approximate surface area is 151 Å². The Morgan fingerprint density at radius 3 is 2.00 bits per heavy atom. The molecule has 2 amide bonds. The molecule has 0 fully saturated rings. The minimum atomic E-state index is -4.82. The number of alkyl halides is 3. The first kappa shape index (κ1) is 18.4. The predicted octanol–water partition coefficient (Wildman–Crippen LogP) is 3.04. The van der Waals surface area contributed by atoms with Crippen LogP contribution in [0.25, 0.3) is 0 Å². The molecule has 0 aromatic heterocycles. The summed E-state index contributed by atoms with van der Waals surface area (Å²) in [5.41, 5.74) is 0.579. The normalized spacial score (nSPS) is 13.5. The third-order valence-electron chi connectivity index (χ3n) is 3.75. The van der Waals surface area contributed by atoms with Gasteiger partial charge in [0.15, 0.2) is 0 Å². The van der Waals surface area contributed by atoms with Crippen molar-refractivity contribution in [3.63, 3.8) is 0 Å². The highest BCUT2D eigenvalue weighted by molar-refractivity contribution is 6.21. The molecule has 6 nitrogen and oxygen atoms in total. The number of nitrogens with zero attached hydrogens (tertiary/aromatic N) is 1. The zero-order valence-electron chi connectivity index (χ0n) is 13.7. The maximum Gasteiger partial charge on any atom is 0.573 e. The van der Waals surface area contributed by atoms with E-state index in [2.05, 4.69) is 4.74 Å². The van der Waals surface area contributed by atoms with Gasteiger partial charge in [0.05, 0.1) is 23.2 Å².